The Morgan fingerprint density at radius 2 is 1.84 bits per heavy atom. The first-order valence-electron chi connectivity index (χ1n) is 8.32. The van der Waals surface area contributed by atoms with Crippen LogP contribution in [0.2, 0.25) is 0 Å². The fourth-order valence-corrected chi connectivity index (χ4v) is 4.62. The Kier molecular flexibility index (Phi) is 3.18. The highest BCUT2D eigenvalue weighted by molar-refractivity contribution is 5.76. The maximum Gasteiger partial charge on any atom is 0.222 e. The summed E-state index contributed by atoms with van der Waals surface area (Å²) in [6, 6.07) is 0. The monoisotopic (exact) mass is 263 g/mol. The van der Waals surface area contributed by atoms with Crippen molar-refractivity contribution < 1.29 is 4.79 Å². The van der Waals surface area contributed by atoms with E-state index in [1.165, 1.54) is 44.9 Å². The highest BCUT2D eigenvalue weighted by Crippen LogP contribution is 2.77. The van der Waals surface area contributed by atoms with Gasteiger partial charge in [0.2, 0.25) is 5.91 Å². The second-order valence-electron chi connectivity index (χ2n) is 7.35. The van der Waals surface area contributed by atoms with E-state index < -0.39 is 0 Å². The minimum atomic E-state index is 0.387. The van der Waals surface area contributed by atoms with Gasteiger partial charge in [-0.15, -0.1) is 0 Å². The number of carbonyl (C=O) groups is 1. The lowest BCUT2D eigenvalue weighted by Crippen LogP contribution is -2.34. The van der Waals surface area contributed by atoms with Crippen molar-refractivity contribution in [2.24, 2.45) is 22.7 Å². The van der Waals surface area contributed by atoms with Crippen LogP contribution in [0.4, 0.5) is 0 Å². The number of hydrogen-bond acceptors (Lipinski definition) is 1. The topological polar surface area (TPSA) is 20.3 Å². The van der Waals surface area contributed by atoms with Gasteiger partial charge in [-0.2, -0.15) is 0 Å². The quantitative estimate of drug-likeness (QED) is 0.683. The minimum Gasteiger partial charge on any atom is -0.346 e. The van der Waals surface area contributed by atoms with E-state index >= 15 is 0 Å². The lowest BCUT2D eigenvalue weighted by molar-refractivity contribution is -0.132. The predicted molar refractivity (Wildman–Crippen MR) is 77.8 cm³/mol. The summed E-state index contributed by atoms with van der Waals surface area (Å²) >= 11 is 0. The molecule has 3 aliphatic carbocycles. The first-order chi connectivity index (χ1) is 9.08. The summed E-state index contributed by atoms with van der Waals surface area (Å²) in [5.74, 6) is 1.97. The fraction of sp³-hybridized carbons (Fsp3) is 0.941. The van der Waals surface area contributed by atoms with Gasteiger partial charge in [-0.05, 0) is 74.5 Å². The third-order valence-corrected chi connectivity index (χ3v) is 6.57. The van der Waals surface area contributed by atoms with Gasteiger partial charge >= 0.3 is 0 Å². The van der Waals surface area contributed by atoms with Crippen molar-refractivity contribution in [2.75, 3.05) is 13.6 Å². The third-order valence-electron chi connectivity index (χ3n) is 6.57. The largest absolute Gasteiger partial charge is 0.346 e. The molecule has 0 aromatic heterocycles. The predicted octanol–water partition coefficient (Wildman–Crippen LogP) is 3.85. The Balaban J connectivity index is 1.73. The van der Waals surface area contributed by atoms with E-state index in [1.54, 1.807) is 0 Å². The van der Waals surface area contributed by atoms with Crippen molar-refractivity contribution in [1.82, 2.24) is 4.90 Å². The summed E-state index contributed by atoms with van der Waals surface area (Å²) in [5.41, 5.74) is 1.22. The average Bonchev–Trinajstić information content (AvgIpc) is 3.30. The van der Waals surface area contributed by atoms with Crippen LogP contribution in [0.25, 0.3) is 0 Å². The molecule has 1 unspecified atom stereocenters. The standard InChI is InChI=1S/C17H29NO/c1-4-16(8-9-16)17(10-11-17)14(13-6-7-13)12-15(19)18(3)5-2/h13-14H,4-12H2,1-3H3. The van der Waals surface area contributed by atoms with Crippen LogP contribution in [0.15, 0.2) is 0 Å². The average molecular weight is 263 g/mol. The van der Waals surface area contributed by atoms with Gasteiger partial charge < -0.3 is 4.90 Å². The first kappa shape index (κ1) is 13.5. The number of carbonyl (C=O) groups excluding carboxylic acids is 1. The summed E-state index contributed by atoms with van der Waals surface area (Å²) in [5, 5.41) is 0. The van der Waals surface area contributed by atoms with Crippen molar-refractivity contribution in [2.45, 2.75) is 65.2 Å². The summed E-state index contributed by atoms with van der Waals surface area (Å²) in [6.45, 7) is 5.30. The van der Waals surface area contributed by atoms with Gasteiger partial charge in [-0.1, -0.05) is 6.92 Å². The first-order valence-corrected chi connectivity index (χ1v) is 8.32. The molecule has 3 saturated carbocycles. The van der Waals surface area contributed by atoms with E-state index in [-0.39, 0.29) is 0 Å². The van der Waals surface area contributed by atoms with E-state index in [2.05, 4.69) is 13.8 Å². The molecular weight excluding hydrogens is 234 g/mol. The van der Waals surface area contributed by atoms with E-state index in [1.807, 2.05) is 11.9 Å². The van der Waals surface area contributed by atoms with Crippen LogP contribution < -0.4 is 0 Å². The summed E-state index contributed by atoms with van der Waals surface area (Å²) < 4.78 is 0. The SMILES string of the molecule is CCN(C)C(=O)CC(C1CC1)C1(C2(CC)CC2)CC1. The molecule has 0 bridgehead atoms. The van der Waals surface area contributed by atoms with Crippen molar-refractivity contribution in [3.8, 4) is 0 Å². The molecule has 0 aliphatic heterocycles. The number of nitrogens with zero attached hydrogens (tertiary/aromatic N) is 1. The molecule has 1 amide bonds. The third kappa shape index (κ3) is 2.11. The van der Waals surface area contributed by atoms with Crippen LogP contribution in [-0.2, 0) is 4.79 Å². The molecule has 0 spiro atoms. The zero-order valence-corrected chi connectivity index (χ0v) is 12.9. The van der Waals surface area contributed by atoms with Crippen LogP contribution in [-0.4, -0.2) is 24.4 Å². The highest BCUT2D eigenvalue weighted by Gasteiger charge is 2.68. The molecule has 0 radical (unpaired) electrons. The Hall–Kier alpha value is -0.530. The smallest absolute Gasteiger partial charge is 0.222 e. The second-order valence-corrected chi connectivity index (χ2v) is 7.35. The van der Waals surface area contributed by atoms with Crippen molar-refractivity contribution >= 4 is 5.91 Å². The van der Waals surface area contributed by atoms with Crippen LogP contribution in [0, 0.1) is 22.7 Å². The fourth-order valence-electron chi connectivity index (χ4n) is 4.62. The molecule has 3 fully saturated rings. The molecule has 2 heteroatoms. The van der Waals surface area contributed by atoms with Gasteiger partial charge in [0.05, 0.1) is 0 Å². The number of rotatable bonds is 7. The maximum atomic E-state index is 12.4. The van der Waals surface area contributed by atoms with Crippen molar-refractivity contribution in [3.63, 3.8) is 0 Å². The molecule has 19 heavy (non-hydrogen) atoms. The molecule has 0 heterocycles. The van der Waals surface area contributed by atoms with Gasteiger partial charge in [-0.3, -0.25) is 4.79 Å². The molecule has 0 saturated heterocycles. The summed E-state index contributed by atoms with van der Waals surface area (Å²) in [4.78, 5) is 14.3. The molecule has 3 rings (SSSR count). The molecule has 2 nitrogen and oxygen atoms in total. The molecule has 108 valence electrons. The lowest BCUT2D eigenvalue weighted by Gasteiger charge is -2.35. The molecular formula is C17H29NO. The summed E-state index contributed by atoms with van der Waals surface area (Å²) in [6.07, 6.45) is 10.6. The number of hydrogen-bond donors (Lipinski definition) is 0. The summed E-state index contributed by atoms with van der Waals surface area (Å²) in [7, 11) is 1.96. The van der Waals surface area contributed by atoms with Gasteiger partial charge in [0.1, 0.15) is 0 Å². The van der Waals surface area contributed by atoms with Crippen molar-refractivity contribution in [3.05, 3.63) is 0 Å². The Labute approximate surface area is 117 Å². The Morgan fingerprint density at radius 3 is 2.21 bits per heavy atom. The van der Waals surface area contributed by atoms with Crippen LogP contribution in [0.1, 0.15) is 65.2 Å². The maximum absolute atomic E-state index is 12.4. The van der Waals surface area contributed by atoms with Gasteiger partial charge in [0.15, 0.2) is 0 Å². The Bertz CT molecular complexity index is 363. The number of amides is 1. The second kappa shape index (κ2) is 4.49. The van der Waals surface area contributed by atoms with Crippen molar-refractivity contribution in [1.29, 1.82) is 0 Å². The minimum absolute atomic E-state index is 0.387. The van der Waals surface area contributed by atoms with E-state index in [4.69, 9.17) is 0 Å². The van der Waals surface area contributed by atoms with Gasteiger partial charge in [0, 0.05) is 20.0 Å². The zero-order valence-electron chi connectivity index (χ0n) is 12.9. The highest BCUT2D eigenvalue weighted by atomic mass is 16.2. The van der Waals surface area contributed by atoms with E-state index in [9.17, 15) is 4.79 Å². The van der Waals surface area contributed by atoms with E-state index in [0.29, 0.717) is 22.7 Å². The molecule has 0 aromatic carbocycles. The van der Waals surface area contributed by atoms with Gasteiger partial charge in [-0.25, -0.2) is 0 Å². The lowest BCUT2D eigenvalue weighted by atomic mass is 9.70. The zero-order chi connectivity index (χ0) is 13.7. The van der Waals surface area contributed by atoms with Crippen LogP contribution in [0.3, 0.4) is 0 Å². The normalized spacial score (nSPS) is 27.7. The molecule has 3 aliphatic rings. The Morgan fingerprint density at radius 1 is 1.21 bits per heavy atom. The van der Waals surface area contributed by atoms with E-state index in [0.717, 1.165) is 18.9 Å². The van der Waals surface area contributed by atoms with Gasteiger partial charge in [0.25, 0.3) is 0 Å². The molecule has 0 aromatic rings. The van der Waals surface area contributed by atoms with Crippen LogP contribution in [0.5, 0.6) is 0 Å². The molecule has 0 N–H and O–H groups in total. The molecule has 1 atom stereocenters. The van der Waals surface area contributed by atoms with Crippen LogP contribution >= 0.6 is 0 Å².